The van der Waals surface area contributed by atoms with E-state index in [-0.39, 0.29) is 6.04 Å². The summed E-state index contributed by atoms with van der Waals surface area (Å²) in [4.78, 5) is 0.443. The first kappa shape index (κ1) is 17.0. The zero-order chi connectivity index (χ0) is 15.5. The van der Waals surface area contributed by atoms with Crippen LogP contribution in [-0.2, 0) is 10.0 Å². The second-order valence-corrected chi connectivity index (χ2v) is 7.23. The van der Waals surface area contributed by atoms with Crippen molar-refractivity contribution in [2.24, 2.45) is 0 Å². The van der Waals surface area contributed by atoms with Crippen LogP contribution in [0.2, 0.25) is 0 Å². The Kier molecular flexibility index (Phi) is 5.59. The van der Waals surface area contributed by atoms with Gasteiger partial charge in [0.2, 0.25) is 10.0 Å². The molecule has 0 aliphatic carbocycles. The lowest BCUT2D eigenvalue weighted by Gasteiger charge is -2.27. The van der Waals surface area contributed by atoms with E-state index in [1.807, 2.05) is 53.8 Å². The standard InChI is InChI=1S/C15H26N2O2S/c1-7-8-17(11(2)3)20(18,19)15-12(4)9-14(16-6)10-13(15)5/h9-11,16H,7-8H2,1-6H3. The first-order valence-corrected chi connectivity index (χ1v) is 8.50. The third kappa shape index (κ3) is 3.33. The molecule has 0 fully saturated rings. The number of aryl methyl sites for hydroxylation is 2. The van der Waals surface area contributed by atoms with Gasteiger partial charge >= 0.3 is 0 Å². The second kappa shape index (κ2) is 6.59. The number of hydrogen-bond donors (Lipinski definition) is 1. The molecule has 1 rings (SSSR count). The fourth-order valence-electron chi connectivity index (χ4n) is 2.50. The molecule has 0 aliphatic rings. The third-order valence-electron chi connectivity index (χ3n) is 3.34. The molecular formula is C15H26N2O2S. The number of sulfonamides is 1. The molecular weight excluding hydrogens is 272 g/mol. The fraction of sp³-hybridized carbons (Fsp3) is 0.600. The van der Waals surface area contributed by atoms with Crippen molar-refractivity contribution in [2.45, 2.75) is 52.0 Å². The maximum absolute atomic E-state index is 12.9. The van der Waals surface area contributed by atoms with E-state index >= 15 is 0 Å². The maximum atomic E-state index is 12.9. The van der Waals surface area contributed by atoms with Crippen LogP contribution in [0.1, 0.15) is 38.3 Å². The summed E-state index contributed by atoms with van der Waals surface area (Å²) < 4.78 is 27.4. The monoisotopic (exact) mass is 298 g/mol. The molecule has 0 radical (unpaired) electrons. The van der Waals surface area contributed by atoms with Gasteiger partial charge in [-0.05, 0) is 57.4 Å². The average molecular weight is 298 g/mol. The van der Waals surface area contributed by atoms with Gasteiger partial charge in [0.1, 0.15) is 0 Å². The molecule has 1 aromatic carbocycles. The van der Waals surface area contributed by atoms with Gasteiger partial charge < -0.3 is 5.32 Å². The molecule has 5 heteroatoms. The van der Waals surface area contributed by atoms with Gasteiger partial charge in [0.25, 0.3) is 0 Å². The van der Waals surface area contributed by atoms with Crippen molar-refractivity contribution in [1.82, 2.24) is 4.31 Å². The van der Waals surface area contributed by atoms with Crippen LogP contribution in [0.15, 0.2) is 17.0 Å². The summed E-state index contributed by atoms with van der Waals surface area (Å²) in [5, 5.41) is 3.06. The van der Waals surface area contributed by atoms with Crippen molar-refractivity contribution >= 4 is 15.7 Å². The summed E-state index contributed by atoms with van der Waals surface area (Å²) >= 11 is 0. The summed E-state index contributed by atoms with van der Waals surface area (Å²) in [5.41, 5.74) is 2.51. The topological polar surface area (TPSA) is 49.4 Å². The molecule has 0 saturated heterocycles. The van der Waals surface area contributed by atoms with E-state index in [4.69, 9.17) is 0 Å². The van der Waals surface area contributed by atoms with E-state index in [0.717, 1.165) is 23.2 Å². The molecule has 4 nitrogen and oxygen atoms in total. The highest BCUT2D eigenvalue weighted by atomic mass is 32.2. The van der Waals surface area contributed by atoms with Crippen LogP contribution in [0.5, 0.6) is 0 Å². The Morgan fingerprint density at radius 3 is 2.05 bits per heavy atom. The molecule has 0 amide bonds. The number of anilines is 1. The first-order chi connectivity index (χ1) is 9.25. The smallest absolute Gasteiger partial charge is 0.243 e. The molecule has 0 bridgehead atoms. The van der Waals surface area contributed by atoms with E-state index in [9.17, 15) is 8.42 Å². The Labute approximate surface area is 123 Å². The molecule has 20 heavy (non-hydrogen) atoms. The van der Waals surface area contributed by atoms with E-state index in [1.54, 1.807) is 4.31 Å². The minimum atomic E-state index is -3.44. The summed E-state index contributed by atoms with van der Waals surface area (Å²) in [6.45, 7) is 10.1. The van der Waals surface area contributed by atoms with E-state index < -0.39 is 10.0 Å². The van der Waals surface area contributed by atoms with E-state index in [2.05, 4.69) is 5.32 Å². The summed E-state index contributed by atoms with van der Waals surface area (Å²) in [5.74, 6) is 0. The number of benzene rings is 1. The molecule has 0 heterocycles. The Balaban J connectivity index is 3.41. The lowest BCUT2D eigenvalue weighted by molar-refractivity contribution is 0.353. The SMILES string of the molecule is CCCN(C(C)C)S(=O)(=O)c1c(C)cc(NC)cc1C. The van der Waals surface area contributed by atoms with E-state index in [1.165, 1.54) is 0 Å². The van der Waals surface area contributed by atoms with Crippen molar-refractivity contribution in [3.05, 3.63) is 23.3 Å². The van der Waals surface area contributed by atoms with Crippen LogP contribution in [0.4, 0.5) is 5.69 Å². The first-order valence-electron chi connectivity index (χ1n) is 7.06. The van der Waals surface area contributed by atoms with Crippen molar-refractivity contribution in [3.63, 3.8) is 0 Å². The second-order valence-electron chi connectivity index (χ2n) is 5.40. The van der Waals surface area contributed by atoms with Crippen molar-refractivity contribution in [2.75, 3.05) is 18.9 Å². The van der Waals surface area contributed by atoms with Gasteiger partial charge in [-0.25, -0.2) is 8.42 Å². The minimum absolute atomic E-state index is 0.0391. The Hall–Kier alpha value is -1.07. The van der Waals surface area contributed by atoms with Gasteiger partial charge in [-0.2, -0.15) is 4.31 Å². The third-order valence-corrected chi connectivity index (χ3v) is 5.72. The van der Waals surface area contributed by atoms with Gasteiger partial charge in [0.05, 0.1) is 4.90 Å². The van der Waals surface area contributed by atoms with Gasteiger partial charge in [-0.15, -0.1) is 0 Å². The van der Waals surface area contributed by atoms with Crippen LogP contribution < -0.4 is 5.32 Å². The molecule has 0 spiro atoms. The van der Waals surface area contributed by atoms with Crippen molar-refractivity contribution in [1.29, 1.82) is 0 Å². The Morgan fingerprint density at radius 1 is 1.20 bits per heavy atom. The average Bonchev–Trinajstić information content (AvgIpc) is 2.33. The fourth-order valence-corrected chi connectivity index (χ4v) is 4.64. The molecule has 0 aliphatic heterocycles. The van der Waals surface area contributed by atoms with Crippen LogP contribution in [0, 0.1) is 13.8 Å². The van der Waals surface area contributed by atoms with Crippen LogP contribution in [-0.4, -0.2) is 32.4 Å². The zero-order valence-corrected chi connectivity index (χ0v) is 14.1. The number of rotatable bonds is 6. The number of nitrogens with zero attached hydrogens (tertiary/aromatic N) is 1. The van der Waals surface area contributed by atoms with E-state index in [0.29, 0.717) is 11.4 Å². The summed E-state index contributed by atoms with van der Waals surface area (Å²) in [7, 11) is -1.61. The molecule has 0 saturated carbocycles. The highest BCUT2D eigenvalue weighted by Crippen LogP contribution is 2.28. The zero-order valence-electron chi connectivity index (χ0n) is 13.3. The van der Waals surface area contributed by atoms with Gasteiger partial charge in [-0.3, -0.25) is 0 Å². The van der Waals surface area contributed by atoms with Crippen LogP contribution >= 0.6 is 0 Å². The minimum Gasteiger partial charge on any atom is -0.388 e. The lowest BCUT2D eigenvalue weighted by Crippen LogP contribution is -2.38. The van der Waals surface area contributed by atoms with Crippen molar-refractivity contribution in [3.8, 4) is 0 Å². The molecule has 1 aromatic rings. The summed E-state index contributed by atoms with van der Waals surface area (Å²) in [6, 6.07) is 3.72. The van der Waals surface area contributed by atoms with Gasteiger partial charge in [0.15, 0.2) is 0 Å². The Bertz CT molecular complexity index is 542. The molecule has 0 unspecified atom stereocenters. The molecule has 0 atom stereocenters. The quantitative estimate of drug-likeness (QED) is 0.877. The van der Waals surface area contributed by atoms with Crippen molar-refractivity contribution < 1.29 is 8.42 Å². The molecule has 1 N–H and O–H groups in total. The predicted octanol–water partition coefficient (Wildman–Crippen LogP) is 3.15. The van der Waals surface area contributed by atoms with Crippen LogP contribution in [0.25, 0.3) is 0 Å². The lowest BCUT2D eigenvalue weighted by atomic mass is 10.1. The molecule has 0 aromatic heterocycles. The number of hydrogen-bond acceptors (Lipinski definition) is 3. The highest BCUT2D eigenvalue weighted by Gasteiger charge is 2.29. The van der Waals surface area contributed by atoms with Crippen LogP contribution in [0.3, 0.4) is 0 Å². The molecule has 114 valence electrons. The normalized spacial score (nSPS) is 12.2. The highest BCUT2D eigenvalue weighted by molar-refractivity contribution is 7.89. The predicted molar refractivity (Wildman–Crippen MR) is 84.8 cm³/mol. The largest absolute Gasteiger partial charge is 0.388 e. The summed E-state index contributed by atoms with van der Waals surface area (Å²) in [6.07, 6.45) is 0.810. The maximum Gasteiger partial charge on any atom is 0.243 e. The Morgan fingerprint density at radius 2 is 1.70 bits per heavy atom. The van der Waals surface area contributed by atoms with Gasteiger partial charge in [0, 0.05) is 25.3 Å². The number of nitrogens with one attached hydrogen (secondary N) is 1. The van der Waals surface area contributed by atoms with Gasteiger partial charge in [-0.1, -0.05) is 6.92 Å².